The van der Waals surface area contributed by atoms with Gasteiger partial charge >= 0.3 is 5.97 Å². The Bertz CT molecular complexity index is 717. The van der Waals surface area contributed by atoms with Crippen molar-refractivity contribution in [1.82, 2.24) is 4.57 Å². The predicted octanol–water partition coefficient (Wildman–Crippen LogP) is 1.47. The summed E-state index contributed by atoms with van der Waals surface area (Å²) in [6, 6.07) is 10.5. The number of carbonyl (C=O) groups is 1. The fourth-order valence-corrected chi connectivity index (χ4v) is 2.31. The topological polar surface area (TPSA) is 60.7 Å². The fraction of sp³-hybridized carbons (Fsp3) is 0.154. The molecule has 1 aromatic heterocycles. The van der Waals surface area contributed by atoms with Crippen molar-refractivity contribution in [3.05, 3.63) is 56.4 Å². The van der Waals surface area contributed by atoms with Gasteiger partial charge in [0.25, 0.3) is 5.56 Å². The molecule has 0 unspecified atom stereocenters. The second-order valence-corrected chi connectivity index (χ2v) is 4.74. The number of esters is 1. The third kappa shape index (κ3) is 2.97. The number of ether oxygens (including phenoxy) is 1. The van der Waals surface area contributed by atoms with Crippen LogP contribution in [0.15, 0.2) is 46.2 Å². The molecule has 2 rings (SSSR count). The largest absolute Gasteiger partial charge is 0.465 e. The first kappa shape index (κ1) is 13.2. The summed E-state index contributed by atoms with van der Waals surface area (Å²) < 4.78 is 6.01. The Kier molecular flexibility index (Phi) is 3.91. The molecule has 0 amide bonds. The number of rotatable bonds is 2. The molecule has 0 saturated carbocycles. The van der Waals surface area contributed by atoms with Gasteiger partial charge in [0, 0.05) is 13.1 Å². The van der Waals surface area contributed by atoms with Crippen molar-refractivity contribution in [3.63, 3.8) is 0 Å². The Hall–Kier alpha value is -2.21. The number of methoxy groups -OCH3 is 1. The Morgan fingerprint density at radius 2 is 2.00 bits per heavy atom. The maximum Gasteiger partial charge on any atom is 0.348 e. The number of hydrogen-bond acceptors (Lipinski definition) is 5. The minimum Gasteiger partial charge on any atom is -0.465 e. The Balaban J connectivity index is 2.63. The zero-order valence-electron chi connectivity index (χ0n) is 10.5. The van der Waals surface area contributed by atoms with Crippen LogP contribution in [0.5, 0.6) is 0 Å². The van der Waals surface area contributed by atoms with Crippen LogP contribution in [-0.2, 0) is 11.8 Å². The number of aromatic nitrogens is 1. The van der Waals surface area contributed by atoms with Gasteiger partial charge in [0.15, 0.2) is 4.80 Å². The number of hydrogen-bond donors (Lipinski definition) is 0. The maximum absolute atomic E-state index is 11.8. The zero-order valence-corrected chi connectivity index (χ0v) is 11.3. The lowest BCUT2D eigenvalue weighted by atomic mass is 10.3. The summed E-state index contributed by atoms with van der Waals surface area (Å²) in [5.74, 6) is -0.535. The van der Waals surface area contributed by atoms with Crippen molar-refractivity contribution < 1.29 is 9.53 Å². The molecular formula is C13H12N2O3S. The van der Waals surface area contributed by atoms with Gasteiger partial charge in [-0.15, -0.1) is 0 Å². The third-order valence-electron chi connectivity index (χ3n) is 2.44. The summed E-state index contributed by atoms with van der Waals surface area (Å²) in [5.41, 5.74) is 0.421. The quantitative estimate of drug-likeness (QED) is 0.780. The molecule has 0 aliphatic heterocycles. The van der Waals surface area contributed by atoms with Crippen LogP contribution < -0.4 is 10.4 Å². The average Bonchev–Trinajstić information content (AvgIpc) is 2.44. The lowest BCUT2D eigenvalue weighted by molar-refractivity contribution is 0.0606. The van der Waals surface area contributed by atoms with Crippen molar-refractivity contribution in [3.8, 4) is 0 Å². The monoisotopic (exact) mass is 276 g/mol. The van der Waals surface area contributed by atoms with E-state index in [9.17, 15) is 9.59 Å². The first-order chi connectivity index (χ1) is 9.11. The lowest BCUT2D eigenvalue weighted by Gasteiger charge is -2.01. The maximum atomic E-state index is 11.8. The Morgan fingerprint density at radius 1 is 1.32 bits per heavy atom. The number of para-hydroxylation sites is 1. The summed E-state index contributed by atoms with van der Waals surface area (Å²) in [6.45, 7) is 0. The molecule has 0 saturated heterocycles. The van der Waals surface area contributed by atoms with Gasteiger partial charge in [-0.25, -0.2) is 9.79 Å². The van der Waals surface area contributed by atoms with Crippen molar-refractivity contribution in [2.24, 2.45) is 12.0 Å². The molecule has 1 heterocycles. The number of carbonyl (C=O) groups excluding carboxylic acids is 1. The van der Waals surface area contributed by atoms with E-state index in [-0.39, 0.29) is 10.4 Å². The van der Waals surface area contributed by atoms with Crippen LogP contribution in [0.1, 0.15) is 9.67 Å². The summed E-state index contributed by atoms with van der Waals surface area (Å²) in [7, 11) is 2.89. The highest BCUT2D eigenvalue weighted by molar-refractivity contribution is 7.11. The first-order valence-corrected chi connectivity index (χ1v) is 6.33. The van der Waals surface area contributed by atoms with Crippen LogP contribution in [0.25, 0.3) is 0 Å². The summed E-state index contributed by atoms with van der Waals surface area (Å²) in [6.07, 6.45) is 0. The van der Waals surface area contributed by atoms with E-state index in [1.807, 2.05) is 30.3 Å². The molecule has 5 nitrogen and oxygen atoms in total. The van der Waals surface area contributed by atoms with E-state index in [0.717, 1.165) is 17.0 Å². The van der Waals surface area contributed by atoms with Gasteiger partial charge in [0.2, 0.25) is 0 Å². The minimum atomic E-state index is -0.535. The van der Waals surface area contributed by atoms with Gasteiger partial charge in [0.1, 0.15) is 4.88 Å². The van der Waals surface area contributed by atoms with E-state index in [0.29, 0.717) is 4.80 Å². The molecule has 0 aliphatic carbocycles. The highest BCUT2D eigenvalue weighted by Crippen LogP contribution is 2.09. The molecular weight excluding hydrogens is 264 g/mol. The lowest BCUT2D eigenvalue weighted by Crippen LogP contribution is -2.29. The molecule has 19 heavy (non-hydrogen) atoms. The van der Waals surface area contributed by atoms with Crippen molar-refractivity contribution in [2.75, 3.05) is 7.11 Å². The first-order valence-electron chi connectivity index (χ1n) is 5.51. The van der Waals surface area contributed by atoms with Gasteiger partial charge in [-0.1, -0.05) is 29.5 Å². The van der Waals surface area contributed by atoms with E-state index in [2.05, 4.69) is 9.73 Å². The molecule has 0 aliphatic rings. The second kappa shape index (κ2) is 5.62. The SMILES string of the molecule is COC(=O)c1cc(=O)n(C)c(=Nc2ccccc2)s1. The molecule has 0 spiro atoms. The standard InChI is InChI=1S/C13H12N2O3S/c1-15-11(16)8-10(12(17)18-2)19-13(15)14-9-6-4-3-5-7-9/h3-8H,1-2H3. The molecule has 0 atom stereocenters. The van der Waals surface area contributed by atoms with Gasteiger partial charge < -0.3 is 4.74 Å². The summed E-state index contributed by atoms with van der Waals surface area (Å²) in [5, 5.41) is 0. The zero-order chi connectivity index (χ0) is 13.8. The molecule has 98 valence electrons. The molecule has 0 radical (unpaired) electrons. The van der Waals surface area contributed by atoms with Crippen molar-refractivity contribution in [1.29, 1.82) is 0 Å². The molecule has 6 heteroatoms. The molecule has 0 N–H and O–H groups in total. The average molecular weight is 276 g/mol. The van der Waals surface area contributed by atoms with Gasteiger partial charge in [0.05, 0.1) is 12.8 Å². The van der Waals surface area contributed by atoms with Crippen molar-refractivity contribution in [2.45, 2.75) is 0 Å². The van der Waals surface area contributed by atoms with Crippen molar-refractivity contribution >= 4 is 23.0 Å². The van der Waals surface area contributed by atoms with E-state index in [4.69, 9.17) is 0 Å². The summed E-state index contributed by atoms with van der Waals surface area (Å²) >= 11 is 1.11. The van der Waals surface area contributed by atoms with Crippen LogP contribution in [0, 0.1) is 0 Å². The van der Waals surface area contributed by atoms with Crippen LogP contribution >= 0.6 is 11.3 Å². The molecule has 0 fully saturated rings. The van der Waals surface area contributed by atoms with Crippen LogP contribution in [0.2, 0.25) is 0 Å². The number of nitrogens with zero attached hydrogens (tertiary/aromatic N) is 2. The van der Waals surface area contributed by atoms with Gasteiger partial charge in [-0.2, -0.15) is 0 Å². The van der Waals surface area contributed by atoms with Gasteiger partial charge in [-0.3, -0.25) is 9.36 Å². The normalized spacial score (nSPS) is 11.4. The Labute approximate surface area is 113 Å². The predicted molar refractivity (Wildman–Crippen MR) is 72.6 cm³/mol. The highest BCUT2D eigenvalue weighted by atomic mass is 32.1. The molecule has 1 aromatic carbocycles. The Morgan fingerprint density at radius 3 is 2.63 bits per heavy atom. The smallest absolute Gasteiger partial charge is 0.348 e. The van der Waals surface area contributed by atoms with Gasteiger partial charge in [-0.05, 0) is 12.1 Å². The minimum absolute atomic E-state index is 0.236. The fourth-order valence-electron chi connectivity index (χ4n) is 1.41. The third-order valence-corrected chi connectivity index (χ3v) is 3.49. The van der Waals surface area contributed by atoms with E-state index in [1.54, 1.807) is 7.05 Å². The molecule has 0 bridgehead atoms. The summed E-state index contributed by atoms with van der Waals surface area (Å²) in [4.78, 5) is 28.3. The second-order valence-electron chi connectivity index (χ2n) is 3.73. The van der Waals surface area contributed by atoms with Crippen LogP contribution in [0.3, 0.4) is 0 Å². The highest BCUT2D eigenvalue weighted by Gasteiger charge is 2.09. The van der Waals surface area contributed by atoms with E-state index >= 15 is 0 Å². The molecule has 2 aromatic rings. The number of benzene rings is 1. The van der Waals surface area contributed by atoms with E-state index in [1.165, 1.54) is 17.7 Å². The van der Waals surface area contributed by atoms with Crippen LogP contribution in [0.4, 0.5) is 5.69 Å². The van der Waals surface area contributed by atoms with E-state index < -0.39 is 5.97 Å². The van der Waals surface area contributed by atoms with Crippen LogP contribution in [-0.4, -0.2) is 17.6 Å².